The van der Waals surface area contributed by atoms with Crippen LogP contribution in [0.3, 0.4) is 0 Å². The van der Waals surface area contributed by atoms with Crippen molar-refractivity contribution in [1.29, 1.82) is 0 Å². The van der Waals surface area contributed by atoms with Gasteiger partial charge in [0.15, 0.2) is 0 Å². The number of aromatic nitrogens is 1. The summed E-state index contributed by atoms with van der Waals surface area (Å²) in [4.78, 5) is 27.0. The molecule has 1 aromatic rings. The van der Waals surface area contributed by atoms with E-state index in [4.69, 9.17) is 5.73 Å². The summed E-state index contributed by atoms with van der Waals surface area (Å²) in [6, 6.07) is 2.39. The van der Waals surface area contributed by atoms with E-state index < -0.39 is 33.0 Å². The number of nitrogens with zero attached hydrogens (tertiary/aromatic N) is 3. The van der Waals surface area contributed by atoms with Gasteiger partial charge in [0.2, 0.25) is 0 Å². The number of amides is 1. The zero-order chi connectivity index (χ0) is 20.6. The molecule has 0 aromatic carbocycles. The number of carbonyl (C=O) groups is 1. The smallest absolute Gasteiger partial charge is 0.365 e. The number of hydrogen-bond donors (Lipinski definition) is 1. The molecule has 0 bridgehead atoms. The SMILES string of the molecule is CC1SC(C(N)=O)=C(C(F)(F)F)N1c1ccc([N+](=O)[O-])c(C2CCCCC2)n1. The average molecular weight is 416 g/mol. The molecule has 1 aliphatic heterocycles. The number of allylic oxidation sites excluding steroid dienone is 1. The highest BCUT2D eigenvalue weighted by Gasteiger charge is 2.49. The molecule has 0 radical (unpaired) electrons. The minimum Gasteiger partial charge on any atom is -0.365 e. The lowest BCUT2D eigenvalue weighted by Crippen LogP contribution is -2.34. The highest BCUT2D eigenvalue weighted by Crippen LogP contribution is 2.48. The Morgan fingerprint density at radius 3 is 2.50 bits per heavy atom. The molecule has 1 saturated carbocycles. The van der Waals surface area contributed by atoms with Gasteiger partial charge in [-0.1, -0.05) is 31.0 Å². The van der Waals surface area contributed by atoms with Gasteiger partial charge in [-0.2, -0.15) is 13.2 Å². The number of hydrogen-bond acceptors (Lipinski definition) is 6. The van der Waals surface area contributed by atoms with Gasteiger partial charge in [-0.25, -0.2) is 4.98 Å². The largest absolute Gasteiger partial charge is 0.432 e. The second-order valence-electron chi connectivity index (χ2n) is 6.79. The Hall–Kier alpha value is -2.30. The van der Waals surface area contributed by atoms with Crippen molar-refractivity contribution < 1.29 is 22.9 Å². The first-order valence-electron chi connectivity index (χ1n) is 8.83. The topological polar surface area (TPSA) is 102 Å². The quantitative estimate of drug-likeness (QED) is 0.583. The van der Waals surface area contributed by atoms with Crippen molar-refractivity contribution >= 4 is 29.2 Å². The predicted octanol–water partition coefficient (Wildman–Crippen LogP) is 4.20. The van der Waals surface area contributed by atoms with Gasteiger partial charge in [0.25, 0.3) is 11.6 Å². The van der Waals surface area contributed by atoms with Gasteiger partial charge < -0.3 is 10.6 Å². The van der Waals surface area contributed by atoms with Crippen LogP contribution in [-0.2, 0) is 4.79 Å². The van der Waals surface area contributed by atoms with E-state index in [1.807, 2.05) is 0 Å². The normalized spacial score (nSPS) is 21.3. The number of pyridine rings is 1. The van der Waals surface area contributed by atoms with Gasteiger partial charge >= 0.3 is 6.18 Å². The fraction of sp³-hybridized carbons (Fsp3) is 0.529. The fourth-order valence-corrected chi connectivity index (χ4v) is 4.83. The molecular weight excluding hydrogens is 397 g/mol. The molecule has 1 fully saturated rings. The zero-order valence-electron chi connectivity index (χ0n) is 15.0. The summed E-state index contributed by atoms with van der Waals surface area (Å²) in [5, 5.41) is 10.6. The Labute approximate surface area is 163 Å². The molecular formula is C17H19F3N4O3S. The maximum atomic E-state index is 13.7. The third-order valence-corrected chi connectivity index (χ3v) is 6.11. The minimum atomic E-state index is -4.82. The monoisotopic (exact) mass is 416 g/mol. The third kappa shape index (κ3) is 3.80. The van der Waals surface area contributed by atoms with Crippen molar-refractivity contribution in [2.45, 2.75) is 56.5 Å². The van der Waals surface area contributed by atoms with E-state index in [9.17, 15) is 28.1 Å². The van der Waals surface area contributed by atoms with E-state index in [1.54, 1.807) is 0 Å². The maximum Gasteiger partial charge on any atom is 0.432 e. The Kier molecular flexibility index (Phi) is 5.55. The van der Waals surface area contributed by atoms with Crippen molar-refractivity contribution in [2.24, 2.45) is 5.73 Å². The molecule has 152 valence electrons. The summed E-state index contributed by atoms with van der Waals surface area (Å²) in [5.74, 6) is -1.41. The van der Waals surface area contributed by atoms with Crippen LogP contribution >= 0.6 is 11.8 Å². The zero-order valence-corrected chi connectivity index (χ0v) is 15.8. The van der Waals surface area contributed by atoms with Crippen molar-refractivity contribution in [2.75, 3.05) is 4.90 Å². The Morgan fingerprint density at radius 2 is 1.96 bits per heavy atom. The number of halogens is 3. The van der Waals surface area contributed by atoms with Crippen molar-refractivity contribution in [3.8, 4) is 0 Å². The number of anilines is 1. The van der Waals surface area contributed by atoms with Gasteiger partial charge in [0.1, 0.15) is 22.1 Å². The summed E-state index contributed by atoms with van der Waals surface area (Å²) in [7, 11) is 0. The second kappa shape index (κ2) is 7.61. The molecule has 1 amide bonds. The first-order chi connectivity index (χ1) is 13.1. The van der Waals surface area contributed by atoms with E-state index in [0.717, 1.165) is 24.2 Å². The lowest BCUT2D eigenvalue weighted by Gasteiger charge is -2.28. The highest BCUT2D eigenvalue weighted by atomic mass is 32.2. The first kappa shape index (κ1) is 20.4. The van der Waals surface area contributed by atoms with Crippen molar-refractivity contribution in [3.05, 3.63) is 38.5 Å². The molecule has 3 rings (SSSR count). The number of nitrogens with two attached hydrogens (primary N) is 1. The molecule has 28 heavy (non-hydrogen) atoms. The lowest BCUT2D eigenvalue weighted by molar-refractivity contribution is -0.386. The standard InChI is InChI=1S/C17H19F3N4O3S/c1-9-23(15(17(18,19)20)14(28-9)16(21)25)12-8-7-11(24(26)27)13(22-12)10-5-3-2-4-6-10/h7-10H,2-6H2,1H3,(H2,21,25). The van der Waals surface area contributed by atoms with Crippen LogP contribution in [0, 0.1) is 10.1 Å². The van der Waals surface area contributed by atoms with E-state index >= 15 is 0 Å². The third-order valence-electron chi connectivity index (χ3n) is 4.92. The summed E-state index contributed by atoms with van der Waals surface area (Å²) in [6.07, 6.45) is -0.609. The molecule has 2 heterocycles. The van der Waals surface area contributed by atoms with E-state index in [-0.39, 0.29) is 23.1 Å². The molecule has 1 aromatic heterocycles. The lowest BCUT2D eigenvalue weighted by atomic mass is 9.86. The van der Waals surface area contributed by atoms with Crippen LogP contribution in [0.5, 0.6) is 0 Å². The molecule has 2 N–H and O–H groups in total. The molecule has 11 heteroatoms. The van der Waals surface area contributed by atoms with E-state index in [0.29, 0.717) is 24.6 Å². The van der Waals surface area contributed by atoms with Crippen LogP contribution in [0.2, 0.25) is 0 Å². The average Bonchev–Trinajstić information content (AvgIpc) is 3.00. The Bertz CT molecular complexity index is 837. The van der Waals surface area contributed by atoms with Crippen LogP contribution in [0.4, 0.5) is 24.7 Å². The van der Waals surface area contributed by atoms with Crippen LogP contribution in [0.1, 0.15) is 50.6 Å². The molecule has 1 unspecified atom stereocenters. The van der Waals surface area contributed by atoms with Crippen LogP contribution in [0.25, 0.3) is 0 Å². The molecule has 2 aliphatic rings. The fourth-order valence-electron chi connectivity index (χ4n) is 3.73. The van der Waals surface area contributed by atoms with Gasteiger partial charge in [-0.05, 0) is 25.8 Å². The van der Waals surface area contributed by atoms with E-state index in [1.165, 1.54) is 19.1 Å². The number of carbonyl (C=O) groups excluding carboxylic acids is 1. The second-order valence-corrected chi connectivity index (χ2v) is 8.12. The highest BCUT2D eigenvalue weighted by molar-refractivity contribution is 8.05. The number of thioether (sulfide) groups is 1. The van der Waals surface area contributed by atoms with Crippen molar-refractivity contribution in [3.63, 3.8) is 0 Å². The predicted molar refractivity (Wildman–Crippen MR) is 98.5 cm³/mol. The Morgan fingerprint density at radius 1 is 1.32 bits per heavy atom. The number of rotatable bonds is 4. The summed E-state index contributed by atoms with van der Waals surface area (Å²) >= 11 is 0.701. The van der Waals surface area contributed by atoms with Gasteiger partial charge in [-0.15, -0.1) is 0 Å². The summed E-state index contributed by atoms with van der Waals surface area (Å²) in [6.45, 7) is 1.50. The molecule has 7 nitrogen and oxygen atoms in total. The minimum absolute atomic E-state index is 0.0743. The van der Waals surface area contributed by atoms with E-state index in [2.05, 4.69) is 4.98 Å². The summed E-state index contributed by atoms with van der Waals surface area (Å²) in [5.41, 5.74) is 3.98. The van der Waals surface area contributed by atoms with Crippen LogP contribution < -0.4 is 10.6 Å². The summed E-state index contributed by atoms with van der Waals surface area (Å²) < 4.78 is 41.1. The number of nitro groups is 1. The number of primary amides is 1. The van der Waals surface area contributed by atoms with Crippen molar-refractivity contribution in [1.82, 2.24) is 4.98 Å². The molecule has 1 atom stereocenters. The maximum absolute atomic E-state index is 13.7. The van der Waals surface area contributed by atoms with Crippen LogP contribution in [-0.4, -0.2) is 27.4 Å². The molecule has 0 spiro atoms. The number of alkyl halides is 3. The Balaban J connectivity index is 2.12. The van der Waals surface area contributed by atoms with Gasteiger partial charge in [-0.3, -0.25) is 14.9 Å². The van der Waals surface area contributed by atoms with Gasteiger partial charge in [0, 0.05) is 12.0 Å². The molecule has 1 aliphatic carbocycles. The van der Waals surface area contributed by atoms with Gasteiger partial charge in [0.05, 0.1) is 10.3 Å². The van der Waals surface area contributed by atoms with Crippen LogP contribution in [0.15, 0.2) is 22.7 Å². The first-order valence-corrected chi connectivity index (χ1v) is 9.71. The molecule has 0 saturated heterocycles.